The molecular formula is C33H39ClN6O3. The van der Waals surface area contributed by atoms with Crippen molar-refractivity contribution in [1.82, 2.24) is 15.2 Å². The zero-order valence-electron chi connectivity index (χ0n) is 24.9. The third-order valence-corrected chi connectivity index (χ3v) is 10.8. The van der Waals surface area contributed by atoms with Crippen LogP contribution in [0, 0.1) is 0 Å². The summed E-state index contributed by atoms with van der Waals surface area (Å²) >= 11 is 6.72. The van der Waals surface area contributed by atoms with Crippen LogP contribution < -0.4 is 24.8 Å². The normalized spacial score (nSPS) is 24.6. The van der Waals surface area contributed by atoms with E-state index in [2.05, 4.69) is 26.9 Å². The van der Waals surface area contributed by atoms with Crippen molar-refractivity contribution in [2.24, 2.45) is 0 Å². The molecule has 0 bridgehead atoms. The van der Waals surface area contributed by atoms with Crippen molar-refractivity contribution < 1.29 is 14.6 Å². The van der Waals surface area contributed by atoms with Crippen LogP contribution in [0.5, 0.6) is 11.6 Å². The van der Waals surface area contributed by atoms with Crippen LogP contribution in [0.3, 0.4) is 0 Å². The minimum absolute atomic E-state index is 0.0665. The van der Waals surface area contributed by atoms with Crippen molar-refractivity contribution in [3.63, 3.8) is 0 Å². The first-order valence-electron chi connectivity index (χ1n) is 15.7. The van der Waals surface area contributed by atoms with Gasteiger partial charge in [-0.3, -0.25) is 9.69 Å². The van der Waals surface area contributed by atoms with Gasteiger partial charge >= 0.3 is 0 Å². The van der Waals surface area contributed by atoms with Gasteiger partial charge in [0.15, 0.2) is 0 Å². The predicted octanol–water partition coefficient (Wildman–Crippen LogP) is 4.31. The van der Waals surface area contributed by atoms with Gasteiger partial charge in [-0.25, -0.2) is 4.98 Å². The molecule has 2 unspecified atom stereocenters. The number of phenolic OH excluding ortho intramolecular Hbond substituents is 1. The molecule has 226 valence electrons. The van der Waals surface area contributed by atoms with Crippen molar-refractivity contribution >= 4 is 45.3 Å². The molecule has 3 fully saturated rings. The second-order valence-corrected chi connectivity index (χ2v) is 13.5. The highest BCUT2D eigenvalue weighted by Crippen LogP contribution is 2.49. The number of nitrogens with zero attached hydrogens (tertiary/aromatic N) is 5. The van der Waals surface area contributed by atoms with E-state index in [1.807, 2.05) is 31.3 Å². The number of hydrogen-bond donors (Lipinski definition) is 2. The molecule has 2 N–H and O–H groups in total. The number of benzene rings is 2. The molecule has 1 amide bonds. The number of rotatable bonds is 4. The first-order valence-corrected chi connectivity index (χ1v) is 16.1. The Morgan fingerprint density at radius 1 is 1.16 bits per heavy atom. The second kappa shape index (κ2) is 10.1. The fourth-order valence-electron chi connectivity index (χ4n) is 8.41. The number of hydrogen-bond acceptors (Lipinski definition) is 8. The van der Waals surface area contributed by atoms with Gasteiger partial charge in [0.05, 0.1) is 34.2 Å². The van der Waals surface area contributed by atoms with E-state index < -0.39 is 0 Å². The molecule has 8 rings (SSSR count). The monoisotopic (exact) mass is 602 g/mol. The maximum Gasteiger partial charge on any atom is 0.250 e. The number of amides is 1. The molecular weight excluding hydrogens is 564 g/mol. The number of carbonyl (C=O) groups excluding carboxylic acids is 1. The first kappa shape index (κ1) is 27.3. The highest BCUT2D eigenvalue weighted by molar-refractivity contribution is 6.36. The van der Waals surface area contributed by atoms with Crippen molar-refractivity contribution in [3.8, 4) is 11.6 Å². The topological polar surface area (TPSA) is 84.4 Å². The molecule has 0 spiro atoms. The zero-order valence-corrected chi connectivity index (χ0v) is 25.7. The number of piperazine rings is 1. The summed E-state index contributed by atoms with van der Waals surface area (Å²) in [6.45, 7) is 7.70. The first-order chi connectivity index (χ1) is 20.8. The number of carbonyl (C=O) groups is 1. The average Bonchev–Trinajstić information content (AvgIpc) is 3.58. The van der Waals surface area contributed by atoms with Gasteiger partial charge in [0.1, 0.15) is 24.1 Å². The van der Waals surface area contributed by atoms with Crippen molar-refractivity contribution in [2.75, 3.05) is 61.1 Å². The van der Waals surface area contributed by atoms with E-state index in [1.165, 1.54) is 18.4 Å². The fourth-order valence-corrected chi connectivity index (χ4v) is 8.69. The molecule has 43 heavy (non-hydrogen) atoms. The molecule has 3 aromatic rings. The lowest BCUT2D eigenvalue weighted by atomic mass is 9.94. The van der Waals surface area contributed by atoms with E-state index in [9.17, 15) is 9.90 Å². The number of phenols is 1. The number of fused-ring (bicyclic) bond motifs is 7. The molecule has 2 atom stereocenters. The molecule has 2 aromatic carbocycles. The Labute approximate surface area is 257 Å². The standard InChI is InChI=1S/C33H39ClN6O3/c1-20-17-40-27(16-35-20)32(42)37(2)30-29(40)23-8-13-38(26-15-22(41)14-21-6-3-7-24(34)28(21)26)18-25(23)36-31(30)43-19-33-9-4-11-39(33)12-5-10-33/h3,6-7,14-15,20,27,35,41H,4-5,8-13,16-19H2,1-2H3. The quantitative estimate of drug-likeness (QED) is 0.457. The van der Waals surface area contributed by atoms with Crippen molar-refractivity contribution in [1.29, 1.82) is 0 Å². The van der Waals surface area contributed by atoms with Crippen LogP contribution in [-0.2, 0) is 17.8 Å². The molecule has 1 aromatic heterocycles. The van der Waals surface area contributed by atoms with Gasteiger partial charge in [-0.05, 0) is 69.6 Å². The van der Waals surface area contributed by atoms with Gasteiger partial charge in [-0.1, -0.05) is 23.7 Å². The summed E-state index contributed by atoms with van der Waals surface area (Å²) < 4.78 is 6.77. The second-order valence-electron chi connectivity index (χ2n) is 13.1. The lowest BCUT2D eigenvalue weighted by molar-refractivity contribution is -0.120. The summed E-state index contributed by atoms with van der Waals surface area (Å²) in [5.41, 5.74) is 5.04. The number of aromatic nitrogens is 1. The highest BCUT2D eigenvalue weighted by Gasteiger charge is 2.47. The highest BCUT2D eigenvalue weighted by atomic mass is 35.5. The number of pyridine rings is 1. The minimum atomic E-state index is -0.251. The lowest BCUT2D eigenvalue weighted by Crippen LogP contribution is -2.64. The van der Waals surface area contributed by atoms with E-state index in [4.69, 9.17) is 21.3 Å². The number of halogens is 1. The smallest absolute Gasteiger partial charge is 0.250 e. The van der Waals surface area contributed by atoms with Crippen LogP contribution in [0.15, 0.2) is 30.3 Å². The van der Waals surface area contributed by atoms with E-state index >= 15 is 0 Å². The van der Waals surface area contributed by atoms with Crippen LogP contribution in [0.4, 0.5) is 17.1 Å². The van der Waals surface area contributed by atoms with Crippen LogP contribution in [0.1, 0.15) is 43.9 Å². The summed E-state index contributed by atoms with van der Waals surface area (Å²) in [5, 5.41) is 16.6. The summed E-state index contributed by atoms with van der Waals surface area (Å²) in [6, 6.07) is 9.37. The van der Waals surface area contributed by atoms with Gasteiger partial charge in [0.25, 0.3) is 5.91 Å². The van der Waals surface area contributed by atoms with Crippen molar-refractivity contribution in [3.05, 3.63) is 46.6 Å². The Morgan fingerprint density at radius 3 is 2.79 bits per heavy atom. The molecule has 10 heteroatoms. The largest absolute Gasteiger partial charge is 0.508 e. The Morgan fingerprint density at radius 2 is 1.98 bits per heavy atom. The summed E-state index contributed by atoms with van der Waals surface area (Å²) in [5.74, 6) is 0.856. The lowest BCUT2D eigenvalue weighted by Gasteiger charge is -2.48. The van der Waals surface area contributed by atoms with E-state index in [0.29, 0.717) is 30.6 Å². The molecule has 0 radical (unpaired) electrons. The molecule has 0 aliphatic carbocycles. The van der Waals surface area contributed by atoms with Crippen molar-refractivity contribution in [2.45, 2.75) is 63.2 Å². The SMILES string of the molecule is CC1CN2c3c4c(nc(OCC56CCCN5CCC6)c3N(C)C(=O)C2CN1)CN(c1cc(O)cc2cccc(Cl)c12)CC4. The van der Waals surface area contributed by atoms with Gasteiger partial charge in [-0.15, -0.1) is 0 Å². The predicted molar refractivity (Wildman–Crippen MR) is 170 cm³/mol. The summed E-state index contributed by atoms with van der Waals surface area (Å²) in [4.78, 5) is 27.9. The maximum absolute atomic E-state index is 13.7. The zero-order chi connectivity index (χ0) is 29.5. The molecule has 9 nitrogen and oxygen atoms in total. The van der Waals surface area contributed by atoms with Gasteiger partial charge in [0, 0.05) is 49.7 Å². The van der Waals surface area contributed by atoms with E-state index in [-0.39, 0.29) is 29.3 Å². The molecule has 3 saturated heterocycles. The molecule has 6 heterocycles. The number of nitrogens with one attached hydrogen (secondary N) is 1. The van der Waals surface area contributed by atoms with Crippen LogP contribution in [0.2, 0.25) is 5.02 Å². The molecule has 0 saturated carbocycles. The Kier molecular flexibility index (Phi) is 6.44. The number of likely N-dealkylation sites (N-methyl/N-ethyl adjacent to an activating group) is 1. The number of ether oxygens (including phenoxy) is 1. The Bertz CT molecular complexity index is 1620. The van der Waals surface area contributed by atoms with Gasteiger partial charge in [-0.2, -0.15) is 0 Å². The maximum atomic E-state index is 13.7. The third-order valence-electron chi connectivity index (χ3n) is 10.5. The van der Waals surface area contributed by atoms with E-state index in [1.54, 1.807) is 11.0 Å². The molecule has 5 aliphatic heterocycles. The van der Waals surface area contributed by atoms with Gasteiger partial charge in [0.2, 0.25) is 5.88 Å². The van der Waals surface area contributed by atoms with Crippen LogP contribution in [0.25, 0.3) is 10.8 Å². The van der Waals surface area contributed by atoms with Crippen LogP contribution in [-0.4, -0.2) is 84.9 Å². The summed E-state index contributed by atoms with van der Waals surface area (Å²) in [6.07, 6.45) is 5.45. The number of aromatic hydroxyl groups is 1. The Balaban J connectivity index is 1.24. The van der Waals surface area contributed by atoms with E-state index in [0.717, 1.165) is 79.0 Å². The number of anilines is 3. The van der Waals surface area contributed by atoms with Crippen LogP contribution >= 0.6 is 11.6 Å². The third kappa shape index (κ3) is 4.26. The average molecular weight is 603 g/mol. The van der Waals surface area contributed by atoms with Gasteiger partial charge < -0.3 is 29.9 Å². The molecule has 5 aliphatic rings. The summed E-state index contributed by atoms with van der Waals surface area (Å²) in [7, 11) is 1.88. The fraction of sp³-hybridized carbons (Fsp3) is 0.515. The Hall–Kier alpha value is -3.27. The minimum Gasteiger partial charge on any atom is -0.508 e.